The third-order valence-electron chi connectivity index (χ3n) is 3.02. The number of hydrogen-bond donors (Lipinski definition) is 1. The van der Waals surface area contributed by atoms with E-state index in [1.807, 2.05) is 18.2 Å². The SMILES string of the molecule is CC(C)(C)C1C[C@@H](N)c2ccccc2O1. The first-order valence-corrected chi connectivity index (χ1v) is 5.49. The van der Waals surface area contributed by atoms with Crippen LogP contribution in [0.25, 0.3) is 0 Å². The third kappa shape index (κ3) is 2.00. The summed E-state index contributed by atoms with van der Waals surface area (Å²) >= 11 is 0. The first-order chi connectivity index (χ1) is 6.98. The molecule has 0 saturated heterocycles. The summed E-state index contributed by atoms with van der Waals surface area (Å²) in [6, 6.07) is 8.18. The standard InChI is InChI=1S/C13H19NO/c1-13(2,3)12-8-10(14)9-6-4-5-7-11(9)15-12/h4-7,10,12H,8,14H2,1-3H3/t10-,12?/m1/s1. The van der Waals surface area contributed by atoms with Gasteiger partial charge in [0.1, 0.15) is 11.9 Å². The summed E-state index contributed by atoms with van der Waals surface area (Å²) in [5.74, 6) is 0.955. The van der Waals surface area contributed by atoms with Crippen LogP contribution in [0.5, 0.6) is 5.75 Å². The van der Waals surface area contributed by atoms with Crippen molar-refractivity contribution < 1.29 is 4.74 Å². The molecule has 0 bridgehead atoms. The highest BCUT2D eigenvalue weighted by Crippen LogP contribution is 2.38. The van der Waals surface area contributed by atoms with Gasteiger partial charge in [0.15, 0.2) is 0 Å². The number of rotatable bonds is 0. The molecule has 1 unspecified atom stereocenters. The van der Waals surface area contributed by atoms with Crippen LogP contribution in [-0.4, -0.2) is 6.10 Å². The quantitative estimate of drug-likeness (QED) is 0.706. The highest BCUT2D eigenvalue weighted by molar-refractivity contribution is 5.37. The van der Waals surface area contributed by atoms with Crippen molar-refractivity contribution in [1.29, 1.82) is 0 Å². The molecular weight excluding hydrogens is 186 g/mol. The van der Waals surface area contributed by atoms with E-state index < -0.39 is 0 Å². The van der Waals surface area contributed by atoms with Gasteiger partial charge in [-0.25, -0.2) is 0 Å². The summed E-state index contributed by atoms with van der Waals surface area (Å²) in [6.07, 6.45) is 1.11. The molecule has 2 heteroatoms. The van der Waals surface area contributed by atoms with Crippen LogP contribution in [-0.2, 0) is 0 Å². The summed E-state index contributed by atoms with van der Waals surface area (Å²) in [4.78, 5) is 0. The van der Waals surface area contributed by atoms with Gasteiger partial charge >= 0.3 is 0 Å². The van der Waals surface area contributed by atoms with E-state index in [1.54, 1.807) is 0 Å². The Kier molecular flexibility index (Phi) is 2.47. The van der Waals surface area contributed by atoms with Crippen molar-refractivity contribution >= 4 is 0 Å². The molecule has 2 atom stereocenters. The van der Waals surface area contributed by atoms with E-state index in [-0.39, 0.29) is 17.6 Å². The van der Waals surface area contributed by atoms with E-state index in [0.29, 0.717) is 0 Å². The molecule has 2 N–H and O–H groups in total. The molecule has 2 rings (SSSR count). The van der Waals surface area contributed by atoms with Crippen molar-refractivity contribution in [2.24, 2.45) is 11.1 Å². The van der Waals surface area contributed by atoms with Gasteiger partial charge < -0.3 is 10.5 Å². The summed E-state index contributed by atoms with van der Waals surface area (Å²) in [5, 5.41) is 0. The maximum Gasteiger partial charge on any atom is 0.124 e. The second-order valence-electron chi connectivity index (χ2n) is 5.35. The number of fused-ring (bicyclic) bond motifs is 1. The zero-order valence-corrected chi connectivity index (χ0v) is 9.66. The van der Waals surface area contributed by atoms with Crippen LogP contribution in [0.2, 0.25) is 0 Å². The molecule has 1 aromatic carbocycles. The number of para-hydroxylation sites is 1. The van der Waals surface area contributed by atoms with Crippen LogP contribution < -0.4 is 10.5 Å². The maximum absolute atomic E-state index is 6.15. The van der Waals surface area contributed by atoms with Crippen molar-refractivity contribution in [2.45, 2.75) is 39.3 Å². The Morgan fingerprint density at radius 1 is 1.27 bits per heavy atom. The molecule has 0 radical (unpaired) electrons. The Balaban J connectivity index is 2.30. The molecule has 2 nitrogen and oxygen atoms in total. The molecule has 15 heavy (non-hydrogen) atoms. The fourth-order valence-corrected chi connectivity index (χ4v) is 1.98. The van der Waals surface area contributed by atoms with Gasteiger partial charge in [0.25, 0.3) is 0 Å². The zero-order valence-electron chi connectivity index (χ0n) is 9.66. The Labute approximate surface area is 91.4 Å². The van der Waals surface area contributed by atoms with Gasteiger partial charge in [-0.3, -0.25) is 0 Å². The molecule has 0 saturated carbocycles. The van der Waals surface area contributed by atoms with Crippen LogP contribution in [0.1, 0.15) is 38.8 Å². The molecule has 0 spiro atoms. The van der Waals surface area contributed by atoms with E-state index in [4.69, 9.17) is 10.5 Å². The fourth-order valence-electron chi connectivity index (χ4n) is 1.98. The minimum absolute atomic E-state index is 0.110. The van der Waals surface area contributed by atoms with Gasteiger partial charge in [0, 0.05) is 18.0 Å². The average molecular weight is 205 g/mol. The van der Waals surface area contributed by atoms with Crippen molar-refractivity contribution in [3.63, 3.8) is 0 Å². The first kappa shape index (κ1) is 10.5. The lowest BCUT2D eigenvalue weighted by Crippen LogP contribution is -2.38. The fraction of sp³-hybridized carbons (Fsp3) is 0.538. The molecule has 1 heterocycles. The molecule has 0 fully saturated rings. The Hall–Kier alpha value is -1.02. The molecule has 1 aliphatic rings. The third-order valence-corrected chi connectivity index (χ3v) is 3.02. The second kappa shape index (κ2) is 3.53. The number of nitrogens with two attached hydrogens (primary N) is 1. The van der Waals surface area contributed by atoms with Gasteiger partial charge in [-0.05, 0) is 11.5 Å². The molecule has 0 amide bonds. The van der Waals surface area contributed by atoms with E-state index in [1.165, 1.54) is 0 Å². The zero-order chi connectivity index (χ0) is 11.1. The Morgan fingerprint density at radius 2 is 1.93 bits per heavy atom. The smallest absolute Gasteiger partial charge is 0.124 e. The Morgan fingerprint density at radius 3 is 2.60 bits per heavy atom. The van der Waals surface area contributed by atoms with Crippen molar-refractivity contribution in [3.05, 3.63) is 29.8 Å². The van der Waals surface area contributed by atoms with Crippen molar-refractivity contribution in [3.8, 4) is 5.75 Å². The minimum atomic E-state index is 0.110. The van der Waals surface area contributed by atoms with Gasteiger partial charge in [-0.15, -0.1) is 0 Å². The molecular formula is C13H19NO. The van der Waals surface area contributed by atoms with E-state index in [0.717, 1.165) is 17.7 Å². The normalized spacial score (nSPS) is 25.6. The van der Waals surface area contributed by atoms with Gasteiger partial charge in [-0.2, -0.15) is 0 Å². The molecule has 1 aliphatic heterocycles. The lowest BCUT2D eigenvalue weighted by Gasteiger charge is -2.37. The van der Waals surface area contributed by atoms with Crippen LogP contribution in [0.15, 0.2) is 24.3 Å². The predicted molar refractivity (Wildman–Crippen MR) is 61.9 cm³/mol. The van der Waals surface area contributed by atoms with E-state index in [9.17, 15) is 0 Å². The average Bonchev–Trinajstić information content (AvgIpc) is 2.16. The first-order valence-electron chi connectivity index (χ1n) is 5.49. The van der Waals surface area contributed by atoms with Crippen LogP contribution in [0, 0.1) is 5.41 Å². The topological polar surface area (TPSA) is 35.2 Å². The minimum Gasteiger partial charge on any atom is -0.489 e. The van der Waals surface area contributed by atoms with Crippen molar-refractivity contribution in [2.75, 3.05) is 0 Å². The molecule has 82 valence electrons. The van der Waals surface area contributed by atoms with Crippen LogP contribution >= 0.6 is 0 Å². The highest BCUT2D eigenvalue weighted by Gasteiger charge is 2.33. The largest absolute Gasteiger partial charge is 0.489 e. The highest BCUT2D eigenvalue weighted by atomic mass is 16.5. The number of benzene rings is 1. The molecule has 0 aromatic heterocycles. The monoisotopic (exact) mass is 205 g/mol. The van der Waals surface area contributed by atoms with Crippen LogP contribution in [0.3, 0.4) is 0 Å². The van der Waals surface area contributed by atoms with E-state index >= 15 is 0 Å². The summed E-state index contributed by atoms with van der Waals surface area (Å²) < 4.78 is 5.99. The van der Waals surface area contributed by atoms with Crippen LogP contribution in [0.4, 0.5) is 0 Å². The second-order valence-corrected chi connectivity index (χ2v) is 5.35. The lowest BCUT2D eigenvalue weighted by molar-refractivity contribution is 0.0581. The van der Waals surface area contributed by atoms with Gasteiger partial charge in [0.05, 0.1) is 0 Å². The van der Waals surface area contributed by atoms with Gasteiger partial charge in [-0.1, -0.05) is 39.0 Å². The summed E-state index contributed by atoms with van der Waals surface area (Å²) in [5.41, 5.74) is 7.43. The number of hydrogen-bond acceptors (Lipinski definition) is 2. The summed E-state index contributed by atoms with van der Waals surface area (Å²) in [6.45, 7) is 6.58. The van der Waals surface area contributed by atoms with Gasteiger partial charge in [0.2, 0.25) is 0 Å². The number of ether oxygens (including phenoxy) is 1. The van der Waals surface area contributed by atoms with E-state index in [2.05, 4.69) is 26.8 Å². The molecule has 1 aromatic rings. The summed E-state index contributed by atoms with van der Waals surface area (Å²) in [7, 11) is 0. The molecule has 0 aliphatic carbocycles. The maximum atomic E-state index is 6.15. The lowest BCUT2D eigenvalue weighted by atomic mass is 9.82. The predicted octanol–water partition coefficient (Wildman–Crippen LogP) is 2.88. The Bertz CT molecular complexity index is 354. The van der Waals surface area contributed by atoms with Crippen molar-refractivity contribution in [1.82, 2.24) is 0 Å².